The van der Waals surface area contributed by atoms with E-state index in [0.717, 1.165) is 12.8 Å². The molecule has 0 aromatic carbocycles. The molecule has 1 aliphatic rings. The van der Waals surface area contributed by atoms with Crippen molar-refractivity contribution in [3.63, 3.8) is 0 Å². The number of nitrogens with one attached hydrogen (secondary N) is 1. The van der Waals surface area contributed by atoms with Gasteiger partial charge in [-0.05, 0) is 17.9 Å². The van der Waals surface area contributed by atoms with E-state index in [0.29, 0.717) is 11.4 Å². The van der Waals surface area contributed by atoms with Crippen LogP contribution in [-0.2, 0) is 4.79 Å². The number of amides is 2. The minimum absolute atomic E-state index is 0.0512. The fraction of sp³-hybridized carbons (Fsp3) is 0.500. The second-order valence-electron chi connectivity index (χ2n) is 4.28. The van der Waals surface area contributed by atoms with Crippen molar-refractivity contribution in [2.75, 3.05) is 11.1 Å². The Morgan fingerprint density at radius 1 is 1.58 bits per heavy atom. The maximum absolute atomic E-state index is 12.3. The smallest absolute Gasteiger partial charge is 0.327 e. The third-order valence-corrected chi connectivity index (χ3v) is 4.96. The van der Waals surface area contributed by atoms with Crippen LogP contribution in [0.5, 0.6) is 0 Å². The van der Waals surface area contributed by atoms with Crippen LogP contribution in [0.15, 0.2) is 16.8 Å². The molecule has 2 unspecified atom stereocenters. The van der Waals surface area contributed by atoms with Crippen LogP contribution in [-0.4, -0.2) is 39.2 Å². The van der Waals surface area contributed by atoms with Gasteiger partial charge in [0.15, 0.2) is 0 Å². The van der Waals surface area contributed by atoms with Gasteiger partial charge in [-0.1, -0.05) is 13.3 Å². The topological polar surface area (TPSA) is 69.6 Å². The van der Waals surface area contributed by atoms with Crippen molar-refractivity contribution in [2.45, 2.75) is 31.2 Å². The molecule has 0 saturated carbocycles. The Labute approximate surface area is 120 Å². The molecule has 104 valence electrons. The Bertz CT molecular complexity index is 450. The van der Waals surface area contributed by atoms with Gasteiger partial charge in [-0.2, -0.15) is 11.3 Å². The number of carboxylic acid groups (broad SMARTS) is 1. The molecule has 1 aromatic heterocycles. The molecule has 19 heavy (non-hydrogen) atoms. The van der Waals surface area contributed by atoms with Crippen LogP contribution in [0.2, 0.25) is 0 Å². The average Bonchev–Trinajstić information content (AvgIpc) is 2.98. The van der Waals surface area contributed by atoms with Gasteiger partial charge in [-0.3, -0.25) is 4.90 Å². The molecule has 0 bridgehead atoms. The molecule has 1 aliphatic heterocycles. The number of thiophene rings is 1. The number of nitrogens with zero attached hydrogens (tertiary/aromatic N) is 1. The number of hydrogen-bond donors (Lipinski definition) is 2. The fourth-order valence-corrected chi connectivity index (χ4v) is 4.12. The van der Waals surface area contributed by atoms with Gasteiger partial charge < -0.3 is 10.4 Å². The number of carbonyl (C=O) groups excluding carboxylic acids is 1. The van der Waals surface area contributed by atoms with E-state index < -0.39 is 12.0 Å². The van der Waals surface area contributed by atoms with Crippen molar-refractivity contribution in [1.29, 1.82) is 0 Å². The highest BCUT2D eigenvalue weighted by molar-refractivity contribution is 8.00. The number of carboxylic acids is 1. The minimum atomic E-state index is -0.938. The fourth-order valence-electron chi connectivity index (χ4n) is 2.02. The van der Waals surface area contributed by atoms with E-state index in [9.17, 15) is 14.7 Å². The number of anilines is 1. The summed E-state index contributed by atoms with van der Waals surface area (Å²) >= 11 is 3.03. The molecule has 2 amide bonds. The zero-order valence-corrected chi connectivity index (χ0v) is 12.2. The Morgan fingerprint density at radius 2 is 2.37 bits per heavy atom. The molecule has 5 nitrogen and oxygen atoms in total. The summed E-state index contributed by atoms with van der Waals surface area (Å²) < 4.78 is 0. The van der Waals surface area contributed by atoms with Crippen molar-refractivity contribution in [1.82, 2.24) is 4.90 Å². The lowest BCUT2D eigenvalue weighted by molar-refractivity contribution is -0.141. The van der Waals surface area contributed by atoms with Crippen LogP contribution in [0.25, 0.3) is 0 Å². The van der Waals surface area contributed by atoms with Crippen molar-refractivity contribution < 1.29 is 14.7 Å². The normalized spacial score (nSPS) is 22.5. The van der Waals surface area contributed by atoms with Crippen LogP contribution in [0, 0.1) is 0 Å². The minimum Gasteiger partial charge on any atom is -0.480 e. The summed E-state index contributed by atoms with van der Waals surface area (Å²) in [5.41, 5.74) is 0.714. The summed E-state index contributed by atoms with van der Waals surface area (Å²) in [5.74, 6) is -0.483. The van der Waals surface area contributed by atoms with Gasteiger partial charge in [0.05, 0.1) is 11.1 Å². The van der Waals surface area contributed by atoms with Gasteiger partial charge >= 0.3 is 12.0 Å². The van der Waals surface area contributed by atoms with E-state index in [1.807, 2.05) is 17.7 Å². The number of carbonyl (C=O) groups is 2. The standard InChI is InChI=1S/C12H16N2O3S2/c1-2-3-10-14(9(7-19-10)11(15)16)12(17)13-8-4-5-18-6-8/h4-6,9-10H,2-3,7H2,1H3,(H,13,17)(H,15,16). The van der Waals surface area contributed by atoms with E-state index in [1.165, 1.54) is 28.0 Å². The van der Waals surface area contributed by atoms with Gasteiger partial charge in [0.1, 0.15) is 6.04 Å². The molecule has 7 heteroatoms. The lowest BCUT2D eigenvalue weighted by Gasteiger charge is -2.27. The summed E-state index contributed by atoms with van der Waals surface area (Å²) in [4.78, 5) is 25.0. The first-order valence-electron chi connectivity index (χ1n) is 6.09. The highest BCUT2D eigenvalue weighted by Crippen LogP contribution is 2.32. The maximum atomic E-state index is 12.3. The molecule has 2 N–H and O–H groups in total. The van der Waals surface area contributed by atoms with E-state index in [2.05, 4.69) is 5.32 Å². The quantitative estimate of drug-likeness (QED) is 0.897. The Balaban J connectivity index is 2.11. The zero-order valence-electron chi connectivity index (χ0n) is 10.5. The molecule has 1 aromatic rings. The molecule has 2 atom stereocenters. The number of urea groups is 1. The second-order valence-corrected chi connectivity index (χ2v) is 6.27. The average molecular weight is 300 g/mol. The molecular formula is C12H16N2O3S2. The molecule has 0 spiro atoms. The van der Waals surface area contributed by atoms with Gasteiger partial charge in [0.2, 0.25) is 0 Å². The number of rotatable bonds is 4. The largest absolute Gasteiger partial charge is 0.480 e. The van der Waals surface area contributed by atoms with E-state index >= 15 is 0 Å². The predicted octanol–water partition coefficient (Wildman–Crippen LogP) is 2.91. The number of aliphatic carboxylic acids is 1. The maximum Gasteiger partial charge on any atom is 0.327 e. The van der Waals surface area contributed by atoms with Crippen molar-refractivity contribution in [3.8, 4) is 0 Å². The van der Waals surface area contributed by atoms with Gasteiger partial charge in [-0.15, -0.1) is 11.8 Å². The van der Waals surface area contributed by atoms with Crippen LogP contribution < -0.4 is 5.32 Å². The van der Waals surface area contributed by atoms with Crippen LogP contribution in [0.4, 0.5) is 10.5 Å². The SMILES string of the molecule is CCCC1SCC(C(=O)O)N1C(=O)Nc1ccsc1. The van der Waals surface area contributed by atoms with E-state index in [1.54, 1.807) is 6.07 Å². The molecule has 0 aliphatic carbocycles. The summed E-state index contributed by atoms with van der Waals surface area (Å²) in [6, 6.07) is 0.741. The lowest BCUT2D eigenvalue weighted by atomic mass is 10.2. The Morgan fingerprint density at radius 3 is 2.95 bits per heavy atom. The molecule has 1 saturated heterocycles. The van der Waals surface area contributed by atoms with Gasteiger partial charge in [0, 0.05) is 11.1 Å². The van der Waals surface area contributed by atoms with Crippen molar-refractivity contribution in [2.24, 2.45) is 0 Å². The first-order chi connectivity index (χ1) is 9.13. The zero-order chi connectivity index (χ0) is 13.8. The van der Waals surface area contributed by atoms with Crippen molar-refractivity contribution >= 4 is 40.8 Å². The Hall–Kier alpha value is -1.21. The third-order valence-electron chi connectivity index (χ3n) is 2.92. The lowest BCUT2D eigenvalue weighted by Crippen LogP contribution is -2.47. The predicted molar refractivity (Wildman–Crippen MR) is 77.8 cm³/mol. The second kappa shape index (κ2) is 6.29. The summed E-state index contributed by atoms with van der Waals surface area (Å²) in [6.07, 6.45) is 1.73. The third kappa shape index (κ3) is 3.22. The van der Waals surface area contributed by atoms with Crippen LogP contribution >= 0.6 is 23.1 Å². The summed E-state index contributed by atoms with van der Waals surface area (Å²) in [5, 5.41) is 15.6. The first-order valence-corrected chi connectivity index (χ1v) is 8.08. The Kier molecular flexibility index (Phi) is 4.71. The molecule has 2 rings (SSSR count). The molecule has 2 heterocycles. The molecule has 1 fully saturated rings. The molecule has 0 radical (unpaired) electrons. The van der Waals surface area contributed by atoms with Crippen LogP contribution in [0.3, 0.4) is 0 Å². The highest BCUT2D eigenvalue weighted by Gasteiger charge is 2.41. The summed E-state index contributed by atoms with van der Waals surface area (Å²) in [6.45, 7) is 2.03. The summed E-state index contributed by atoms with van der Waals surface area (Å²) in [7, 11) is 0. The highest BCUT2D eigenvalue weighted by atomic mass is 32.2. The van der Waals surface area contributed by atoms with Gasteiger partial charge in [-0.25, -0.2) is 9.59 Å². The number of thioether (sulfide) groups is 1. The van der Waals surface area contributed by atoms with Gasteiger partial charge in [0.25, 0.3) is 0 Å². The van der Waals surface area contributed by atoms with Crippen LogP contribution in [0.1, 0.15) is 19.8 Å². The first kappa shape index (κ1) is 14.2. The number of hydrogen-bond acceptors (Lipinski definition) is 4. The van der Waals surface area contributed by atoms with Crippen molar-refractivity contribution in [3.05, 3.63) is 16.8 Å². The molecular weight excluding hydrogens is 284 g/mol. The van der Waals surface area contributed by atoms with E-state index in [-0.39, 0.29) is 11.4 Å². The van der Waals surface area contributed by atoms with E-state index in [4.69, 9.17) is 0 Å². The monoisotopic (exact) mass is 300 g/mol.